The van der Waals surface area contributed by atoms with E-state index in [0.717, 1.165) is 64.0 Å². The Bertz CT molecular complexity index is 583. The zero-order valence-corrected chi connectivity index (χ0v) is 17.4. The Kier molecular flexibility index (Phi) is 8.88. The molecule has 1 fully saturated rings. The standard InChI is InChI=1S/C21H36N4O2/c1-5-6-12-27-19-9-7-8-18(15-19)16-23-20(22-4)24-17-21(2,3)25-10-13-26-14-11-25/h7-9,15H,5-6,10-14,16-17H2,1-4H3,(H2,22,23,24). The van der Waals surface area contributed by atoms with Crippen LogP contribution in [0.2, 0.25) is 0 Å². The van der Waals surface area contributed by atoms with Crippen molar-refractivity contribution in [3.63, 3.8) is 0 Å². The van der Waals surface area contributed by atoms with Gasteiger partial charge in [-0.2, -0.15) is 0 Å². The highest BCUT2D eigenvalue weighted by molar-refractivity contribution is 5.79. The normalized spacial score (nSPS) is 16.2. The number of aliphatic imine (C=N–C) groups is 1. The van der Waals surface area contributed by atoms with E-state index in [9.17, 15) is 0 Å². The van der Waals surface area contributed by atoms with Crippen molar-refractivity contribution in [2.75, 3.05) is 46.5 Å². The summed E-state index contributed by atoms with van der Waals surface area (Å²) in [6, 6.07) is 8.24. The lowest BCUT2D eigenvalue weighted by atomic mass is 10.0. The van der Waals surface area contributed by atoms with Crippen LogP contribution in [0.3, 0.4) is 0 Å². The van der Waals surface area contributed by atoms with Gasteiger partial charge in [-0.3, -0.25) is 9.89 Å². The maximum atomic E-state index is 5.79. The Labute approximate surface area is 164 Å². The molecule has 0 unspecified atom stereocenters. The second-order valence-electron chi connectivity index (χ2n) is 7.54. The van der Waals surface area contributed by atoms with Crippen LogP contribution >= 0.6 is 0 Å². The molecular formula is C21H36N4O2. The first-order chi connectivity index (χ1) is 13.0. The van der Waals surface area contributed by atoms with Crippen molar-refractivity contribution in [1.82, 2.24) is 15.5 Å². The van der Waals surface area contributed by atoms with Gasteiger partial charge in [-0.1, -0.05) is 25.5 Å². The third-order valence-electron chi connectivity index (χ3n) is 4.90. The summed E-state index contributed by atoms with van der Waals surface area (Å²) in [7, 11) is 1.81. The Morgan fingerprint density at radius 1 is 1.26 bits per heavy atom. The minimum atomic E-state index is 0.0500. The molecule has 1 aromatic carbocycles. The largest absolute Gasteiger partial charge is 0.494 e. The molecule has 0 saturated carbocycles. The van der Waals surface area contributed by atoms with E-state index >= 15 is 0 Å². The summed E-state index contributed by atoms with van der Waals surface area (Å²) in [4.78, 5) is 6.82. The fourth-order valence-electron chi connectivity index (χ4n) is 3.07. The lowest BCUT2D eigenvalue weighted by Gasteiger charge is -2.41. The summed E-state index contributed by atoms with van der Waals surface area (Å²) < 4.78 is 11.3. The molecule has 2 rings (SSSR count). The second kappa shape index (κ2) is 11.1. The van der Waals surface area contributed by atoms with Crippen LogP contribution < -0.4 is 15.4 Å². The van der Waals surface area contributed by atoms with Gasteiger partial charge < -0.3 is 20.1 Å². The Balaban J connectivity index is 1.80. The Morgan fingerprint density at radius 3 is 2.74 bits per heavy atom. The minimum absolute atomic E-state index is 0.0500. The molecule has 152 valence electrons. The molecule has 6 nitrogen and oxygen atoms in total. The number of benzene rings is 1. The van der Waals surface area contributed by atoms with Gasteiger partial charge in [-0.25, -0.2) is 0 Å². The summed E-state index contributed by atoms with van der Waals surface area (Å²) in [5.41, 5.74) is 1.23. The number of nitrogens with one attached hydrogen (secondary N) is 2. The van der Waals surface area contributed by atoms with Crippen molar-refractivity contribution in [2.24, 2.45) is 4.99 Å². The second-order valence-corrected chi connectivity index (χ2v) is 7.54. The highest BCUT2D eigenvalue weighted by atomic mass is 16.5. The van der Waals surface area contributed by atoms with Gasteiger partial charge in [-0.15, -0.1) is 0 Å². The van der Waals surface area contributed by atoms with Crippen molar-refractivity contribution < 1.29 is 9.47 Å². The quantitative estimate of drug-likeness (QED) is 0.394. The van der Waals surface area contributed by atoms with Crippen molar-refractivity contribution in [1.29, 1.82) is 0 Å². The van der Waals surface area contributed by atoms with Gasteiger partial charge in [0.05, 0.1) is 19.8 Å². The fourth-order valence-corrected chi connectivity index (χ4v) is 3.07. The molecule has 0 aliphatic carbocycles. The molecule has 0 bridgehead atoms. The van der Waals surface area contributed by atoms with Gasteiger partial charge in [0.25, 0.3) is 0 Å². The predicted molar refractivity (Wildman–Crippen MR) is 112 cm³/mol. The van der Waals surface area contributed by atoms with E-state index in [1.807, 2.05) is 12.1 Å². The van der Waals surface area contributed by atoms with Crippen LogP contribution in [0.25, 0.3) is 0 Å². The average Bonchev–Trinajstić information content (AvgIpc) is 2.69. The maximum absolute atomic E-state index is 5.79. The molecule has 0 atom stereocenters. The number of hydrogen-bond donors (Lipinski definition) is 2. The molecule has 1 aromatic rings. The van der Waals surface area contributed by atoms with Gasteiger partial charge in [0.15, 0.2) is 5.96 Å². The van der Waals surface area contributed by atoms with Crippen LogP contribution in [0.4, 0.5) is 0 Å². The summed E-state index contributed by atoms with van der Waals surface area (Å²) in [5.74, 6) is 1.74. The monoisotopic (exact) mass is 376 g/mol. The Morgan fingerprint density at radius 2 is 2.04 bits per heavy atom. The van der Waals surface area contributed by atoms with Crippen molar-refractivity contribution in [2.45, 2.75) is 45.7 Å². The lowest BCUT2D eigenvalue weighted by molar-refractivity contribution is -0.00834. The van der Waals surface area contributed by atoms with Gasteiger partial charge in [0, 0.05) is 38.8 Å². The van der Waals surface area contributed by atoms with Gasteiger partial charge >= 0.3 is 0 Å². The summed E-state index contributed by atoms with van der Waals surface area (Å²) >= 11 is 0. The molecule has 1 aliphatic heterocycles. The first-order valence-electron chi connectivity index (χ1n) is 10.0. The molecule has 1 saturated heterocycles. The molecule has 6 heteroatoms. The molecule has 2 N–H and O–H groups in total. The SMILES string of the molecule is CCCCOc1cccc(CNC(=NC)NCC(C)(C)N2CCOCC2)c1. The number of ether oxygens (including phenoxy) is 2. The molecule has 1 aliphatic rings. The van der Waals surface area contributed by atoms with Gasteiger partial charge in [0.2, 0.25) is 0 Å². The van der Waals surface area contributed by atoms with E-state index < -0.39 is 0 Å². The first kappa shape index (κ1) is 21.5. The molecule has 0 amide bonds. The third kappa shape index (κ3) is 7.39. The molecule has 27 heavy (non-hydrogen) atoms. The predicted octanol–water partition coefficient (Wildman–Crippen LogP) is 2.64. The molecule has 0 spiro atoms. The van der Waals surface area contributed by atoms with E-state index in [-0.39, 0.29) is 5.54 Å². The Hall–Kier alpha value is -1.79. The smallest absolute Gasteiger partial charge is 0.191 e. The maximum Gasteiger partial charge on any atom is 0.191 e. The van der Waals surface area contributed by atoms with E-state index in [1.54, 1.807) is 7.05 Å². The van der Waals surface area contributed by atoms with E-state index in [2.05, 4.69) is 53.4 Å². The number of guanidine groups is 1. The first-order valence-corrected chi connectivity index (χ1v) is 10.0. The topological polar surface area (TPSA) is 58.1 Å². The van der Waals surface area contributed by atoms with E-state index in [4.69, 9.17) is 9.47 Å². The van der Waals surface area contributed by atoms with Crippen LogP contribution in [0.1, 0.15) is 39.2 Å². The number of morpholine rings is 1. The van der Waals surface area contributed by atoms with Gasteiger partial charge in [-0.05, 0) is 38.0 Å². The van der Waals surface area contributed by atoms with Crippen molar-refractivity contribution >= 4 is 5.96 Å². The fraction of sp³-hybridized carbons (Fsp3) is 0.667. The molecule has 0 aromatic heterocycles. The summed E-state index contributed by atoms with van der Waals surface area (Å²) in [6.07, 6.45) is 2.22. The number of nitrogens with zero attached hydrogens (tertiary/aromatic N) is 2. The minimum Gasteiger partial charge on any atom is -0.494 e. The third-order valence-corrected chi connectivity index (χ3v) is 4.90. The number of rotatable bonds is 9. The van der Waals surface area contributed by atoms with E-state index in [1.165, 1.54) is 5.56 Å². The van der Waals surface area contributed by atoms with Crippen molar-refractivity contribution in [3.05, 3.63) is 29.8 Å². The average molecular weight is 377 g/mol. The zero-order chi connectivity index (χ0) is 19.5. The van der Waals surface area contributed by atoms with Crippen LogP contribution in [0, 0.1) is 0 Å². The number of hydrogen-bond acceptors (Lipinski definition) is 4. The molecule has 1 heterocycles. The number of unbranched alkanes of at least 4 members (excludes halogenated alkanes) is 1. The van der Waals surface area contributed by atoms with Crippen LogP contribution in [0.15, 0.2) is 29.3 Å². The van der Waals surface area contributed by atoms with Crippen LogP contribution in [-0.4, -0.2) is 62.9 Å². The van der Waals surface area contributed by atoms with Gasteiger partial charge in [0.1, 0.15) is 5.75 Å². The highest BCUT2D eigenvalue weighted by Gasteiger charge is 2.28. The van der Waals surface area contributed by atoms with Crippen LogP contribution in [-0.2, 0) is 11.3 Å². The summed E-state index contributed by atoms with van der Waals surface area (Å²) in [6.45, 7) is 12.6. The lowest BCUT2D eigenvalue weighted by Crippen LogP contribution is -2.56. The summed E-state index contributed by atoms with van der Waals surface area (Å²) in [5, 5.41) is 6.85. The molecule has 0 radical (unpaired) electrons. The van der Waals surface area contributed by atoms with Crippen molar-refractivity contribution in [3.8, 4) is 5.75 Å². The van der Waals surface area contributed by atoms with E-state index in [0.29, 0.717) is 6.54 Å². The zero-order valence-electron chi connectivity index (χ0n) is 17.4. The van der Waals surface area contributed by atoms with Crippen LogP contribution in [0.5, 0.6) is 5.75 Å². The highest BCUT2D eigenvalue weighted by Crippen LogP contribution is 2.15. The molecular weight excluding hydrogens is 340 g/mol.